The van der Waals surface area contributed by atoms with Crippen molar-refractivity contribution in [3.63, 3.8) is 0 Å². The smallest absolute Gasteiger partial charge is 0.266 e. The molecule has 0 radical (unpaired) electrons. The Bertz CT molecular complexity index is 1320. The fraction of sp³-hybridized carbons (Fsp3) is 0.115. The lowest BCUT2D eigenvalue weighted by Gasteiger charge is -2.14. The second-order valence-electron chi connectivity index (χ2n) is 7.34. The Morgan fingerprint density at radius 3 is 2.49 bits per heavy atom. The van der Waals surface area contributed by atoms with Crippen LogP contribution < -0.4 is 20.1 Å². The van der Waals surface area contributed by atoms with E-state index < -0.39 is 5.91 Å². The highest BCUT2D eigenvalue weighted by atomic mass is 127. The third-order valence-corrected chi connectivity index (χ3v) is 5.86. The molecule has 0 saturated heterocycles. The Kier molecular flexibility index (Phi) is 9.11. The van der Waals surface area contributed by atoms with Crippen LogP contribution in [-0.2, 0) is 9.59 Å². The van der Waals surface area contributed by atoms with Gasteiger partial charge in [0, 0.05) is 5.69 Å². The molecule has 3 aromatic rings. The summed E-state index contributed by atoms with van der Waals surface area (Å²) in [6.45, 7) is 1.74. The number of benzene rings is 3. The summed E-state index contributed by atoms with van der Waals surface area (Å²) in [5.74, 6) is -0.181. The Morgan fingerprint density at radius 2 is 1.83 bits per heavy atom. The number of aryl methyl sites for hydroxylation is 1. The van der Waals surface area contributed by atoms with Crippen molar-refractivity contribution in [3.8, 4) is 17.6 Å². The molecular formula is C26H21ClIN3O4. The van der Waals surface area contributed by atoms with Crippen LogP contribution in [-0.4, -0.2) is 25.5 Å². The zero-order valence-electron chi connectivity index (χ0n) is 18.9. The SMILES string of the molecule is COc1cc(/C=C(\C#N)C(=O)Nc2ccccc2Cl)cc(I)c1OCC(=O)Nc1ccc(C)cc1. The highest BCUT2D eigenvalue weighted by Gasteiger charge is 2.16. The van der Waals surface area contributed by atoms with Crippen LogP contribution in [0.4, 0.5) is 11.4 Å². The van der Waals surface area contributed by atoms with Gasteiger partial charge in [-0.15, -0.1) is 0 Å². The summed E-state index contributed by atoms with van der Waals surface area (Å²) in [4.78, 5) is 24.9. The van der Waals surface area contributed by atoms with Gasteiger partial charge in [0.1, 0.15) is 11.6 Å². The van der Waals surface area contributed by atoms with Crippen molar-refractivity contribution in [1.82, 2.24) is 0 Å². The van der Waals surface area contributed by atoms with E-state index in [1.54, 1.807) is 36.4 Å². The number of anilines is 2. The van der Waals surface area contributed by atoms with Crippen molar-refractivity contribution in [1.29, 1.82) is 5.26 Å². The fourth-order valence-electron chi connectivity index (χ4n) is 3.00. The quantitative estimate of drug-likeness (QED) is 0.192. The molecule has 0 fully saturated rings. The Morgan fingerprint density at radius 1 is 1.11 bits per heavy atom. The van der Waals surface area contributed by atoms with E-state index in [0.29, 0.717) is 37.0 Å². The molecule has 0 spiro atoms. The van der Waals surface area contributed by atoms with Crippen LogP contribution >= 0.6 is 34.2 Å². The first kappa shape index (κ1) is 26.1. The van der Waals surface area contributed by atoms with Gasteiger partial charge in [0.15, 0.2) is 18.1 Å². The second kappa shape index (κ2) is 12.2. The number of carbonyl (C=O) groups is 2. The minimum absolute atomic E-state index is 0.117. The average Bonchev–Trinajstić information content (AvgIpc) is 2.84. The van der Waals surface area contributed by atoms with Gasteiger partial charge in [-0.25, -0.2) is 0 Å². The first-order chi connectivity index (χ1) is 16.8. The van der Waals surface area contributed by atoms with Gasteiger partial charge >= 0.3 is 0 Å². The number of ether oxygens (including phenoxy) is 2. The van der Waals surface area contributed by atoms with E-state index in [4.69, 9.17) is 21.1 Å². The Balaban J connectivity index is 1.74. The molecule has 35 heavy (non-hydrogen) atoms. The number of nitriles is 1. The normalized spacial score (nSPS) is 10.8. The summed E-state index contributed by atoms with van der Waals surface area (Å²) in [5, 5.41) is 15.3. The van der Waals surface area contributed by atoms with Crippen LogP contribution in [0.25, 0.3) is 6.08 Å². The van der Waals surface area contributed by atoms with Gasteiger partial charge in [0.05, 0.1) is 21.4 Å². The molecule has 0 aromatic heterocycles. The van der Waals surface area contributed by atoms with Crippen LogP contribution in [0.1, 0.15) is 11.1 Å². The van der Waals surface area contributed by atoms with Crippen molar-refractivity contribution < 1.29 is 19.1 Å². The molecule has 3 aromatic carbocycles. The van der Waals surface area contributed by atoms with Gasteiger partial charge in [-0.3, -0.25) is 9.59 Å². The van der Waals surface area contributed by atoms with Crippen LogP contribution in [0.15, 0.2) is 66.2 Å². The lowest BCUT2D eigenvalue weighted by molar-refractivity contribution is -0.118. The van der Waals surface area contributed by atoms with Crippen LogP contribution in [0.3, 0.4) is 0 Å². The molecular weight excluding hydrogens is 581 g/mol. The number of para-hydroxylation sites is 1. The third kappa shape index (κ3) is 7.21. The maximum Gasteiger partial charge on any atom is 0.266 e. The van der Waals surface area contributed by atoms with E-state index in [1.807, 2.05) is 59.8 Å². The summed E-state index contributed by atoms with van der Waals surface area (Å²) < 4.78 is 11.8. The predicted octanol–water partition coefficient (Wildman–Crippen LogP) is 5.82. The van der Waals surface area contributed by atoms with E-state index in [2.05, 4.69) is 10.6 Å². The van der Waals surface area contributed by atoms with E-state index in [-0.39, 0.29) is 18.1 Å². The lowest BCUT2D eigenvalue weighted by Crippen LogP contribution is -2.20. The average molecular weight is 602 g/mol. The summed E-state index contributed by atoms with van der Waals surface area (Å²) in [7, 11) is 1.47. The number of hydrogen-bond donors (Lipinski definition) is 2. The van der Waals surface area contributed by atoms with E-state index >= 15 is 0 Å². The lowest BCUT2D eigenvalue weighted by atomic mass is 10.1. The number of carbonyl (C=O) groups excluding carboxylic acids is 2. The number of amides is 2. The van der Waals surface area contributed by atoms with Crippen LogP contribution in [0, 0.1) is 21.8 Å². The van der Waals surface area contributed by atoms with Gasteiger partial charge in [0.25, 0.3) is 11.8 Å². The number of nitrogens with zero attached hydrogens (tertiary/aromatic N) is 1. The van der Waals surface area contributed by atoms with Gasteiger partial charge in [-0.05, 0) is 77.6 Å². The number of nitrogens with one attached hydrogen (secondary N) is 2. The van der Waals surface area contributed by atoms with Crippen LogP contribution in [0.5, 0.6) is 11.5 Å². The molecule has 0 saturated carbocycles. The molecule has 0 aliphatic heterocycles. The first-order valence-electron chi connectivity index (χ1n) is 10.3. The van der Waals surface area contributed by atoms with Gasteiger partial charge in [-0.1, -0.05) is 41.4 Å². The van der Waals surface area contributed by atoms with Crippen LogP contribution in [0.2, 0.25) is 5.02 Å². The minimum Gasteiger partial charge on any atom is -0.493 e. The largest absolute Gasteiger partial charge is 0.493 e. The van der Waals surface area contributed by atoms with Crippen molar-refractivity contribution in [2.24, 2.45) is 0 Å². The first-order valence-corrected chi connectivity index (χ1v) is 11.8. The zero-order chi connectivity index (χ0) is 25.4. The van der Waals surface area contributed by atoms with Crippen molar-refractivity contribution in [2.75, 3.05) is 24.4 Å². The molecule has 0 heterocycles. The van der Waals surface area contributed by atoms with Crippen molar-refractivity contribution in [2.45, 2.75) is 6.92 Å². The molecule has 178 valence electrons. The minimum atomic E-state index is -0.595. The van der Waals surface area contributed by atoms with Gasteiger partial charge in [-0.2, -0.15) is 5.26 Å². The summed E-state index contributed by atoms with van der Waals surface area (Å²) in [6, 6.07) is 19.4. The maximum atomic E-state index is 12.6. The molecule has 9 heteroatoms. The predicted molar refractivity (Wildman–Crippen MR) is 145 cm³/mol. The molecule has 0 atom stereocenters. The second-order valence-corrected chi connectivity index (χ2v) is 8.91. The molecule has 0 aliphatic carbocycles. The molecule has 7 nitrogen and oxygen atoms in total. The topological polar surface area (TPSA) is 100 Å². The van der Waals surface area contributed by atoms with Crippen molar-refractivity contribution in [3.05, 3.63) is 86.0 Å². The Labute approximate surface area is 221 Å². The van der Waals surface area contributed by atoms with Gasteiger partial charge in [0.2, 0.25) is 0 Å². The highest BCUT2D eigenvalue weighted by Crippen LogP contribution is 2.34. The standard InChI is InChI=1S/C26H21ClIN3O4/c1-16-7-9-19(10-8-16)30-24(32)15-35-25-21(28)12-17(13-23(25)34-2)11-18(14-29)26(33)31-22-6-4-3-5-20(22)27/h3-13H,15H2,1-2H3,(H,30,32)(H,31,33)/b18-11+. The number of rotatable bonds is 8. The van der Waals surface area contributed by atoms with E-state index in [1.165, 1.54) is 13.2 Å². The Hall–Kier alpha value is -3.55. The monoisotopic (exact) mass is 601 g/mol. The fourth-order valence-corrected chi connectivity index (χ4v) is 3.97. The number of hydrogen-bond acceptors (Lipinski definition) is 5. The molecule has 2 N–H and O–H groups in total. The molecule has 0 bridgehead atoms. The molecule has 3 rings (SSSR count). The molecule has 2 amide bonds. The summed E-state index contributed by atoms with van der Waals surface area (Å²) in [5.41, 5.74) is 2.60. The number of halogens is 2. The molecule has 0 unspecified atom stereocenters. The van der Waals surface area contributed by atoms with Gasteiger partial charge < -0.3 is 20.1 Å². The highest BCUT2D eigenvalue weighted by molar-refractivity contribution is 14.1. The maximum absolute atomic E-state index is 12.6. The zero-order valence-corrected chi connectivity index (χ0v) is 21.8. The van der Waals surface area contributed by atoms with E-state index in [0.717, 1.165) is 5.56 Å². The van der Waals surface area contributed by atoms with Crippen molar-refractivity contribution >= 4 is 63.5 Å². The summed E-state index contributed by atoms with van der Waals surface area (Å²) in [6.07, 6.45) is 1.44. The number of methoxy groups -OCH3 is 1. The third-order valence-electron chi connectivity index (χ3n) is 4.73. The van der Waals surface area contributed by atoms with E-state index in [9.17, 15) is 14.9 Å². The summed E-state index contributed by atoms with van der Waals surface area (Å²) >= 11 is 8.12. The molecule has 0 aliphatic rings.